The van der Waals surface area contributed by atoms with Gasteiger partial charge in [0.15, 0.2) is 0 Å². The van der Waals surface area contributed by atoms with E-state index in [-0.39, 0.29) is 5.75 Å². The lowest BCUT2D eigenvalue weighted by atomic mass is 10.1. The van der Waals surface area contributed by atoms with Crippen LogP contribution in [0.25, 0.3) is 10.9 Å². The van der Waals surface area contributed by atoms with Crippen molar-refractivity contribution in [2.24, 2.45) is 0 Å². The first-order chi connectivity index (χ1) is 11.3. The molecule has 2 N–H and O–H groups in total. The molecule has 0 radical (unpaired) electrons. The van der Waals surface area contributed by atoms with Crippen LogP contribution in [-0.4, -0.2) is 39.9 Å². The number of nitrogens with zero attached hydrogens (tertiary/aromatic N) is 1. The van der Waals surface area contributed by atoms with Crippen molar-refractivity contribution in [1.82, 2.24) is 10.3 Å². The molecule has 0 aliphatic heterocycles. The molecule has 0 saturated heterocycles. The van der Waals surface area contributed by atoms with Crippen LogP contribution in [0.15, 0.2) is 36.5 Å². The number of alkyl halides is 3. The maximum atomic E-state index is 12.2. The minimum atomic E-state index is -5.11. The third-order valence-corrected chi connectivity index (χ3v) is 4.20. The summed E-state index contributed by atoms with van der Waals surface area (Å²) in [4.78, 5) is 26.1. The van der Waals surface area contributed by atoms with Gasteiger partial charge >= 0.3 is 18.1 Å². The molecule has 9 heteroatoms. The number of nitrogens with one attached hydrogen (secondary N) is 1. The molecule has 0 aliphatic rings. The minimum Gasteiger partial charge on any atom is -0.480 e. The van der Waals surface area contributed by atoms with Gasteiger partial charge in [0.2, 0.25) is 0 Å². The van der Waals surface area contributed by atoms with Gasteiger partial charge in [0.05, 0.1) is 5.52 Å². The molecule has 1 unspecified atom stereocenters. The summed E-state index contributed by atoms with van der Waals surface area (Å²) in [6.07, 6.45) is -3.49. The first-order valence-corrected chi connectivity index (χ1v) is 7.95. The van der Waals surface area contributed by atoms with Gasteiger partial charge < -0.3 is 10.4 Å². The van der Waals surface area contributed by atoms with Gasteiger partial charge in [-0.25, -0.2) is 4.79 Å². The molecule has 24 heavy (non-hydrogen) atoms. The molecule has 0 saturated carbocycles. The van der Waals surface area contributed by atoms with E-state index in [1.54, 1.807) is 12.3 Å². The fourth-order valence-electron chi connectivity index (χ4n) is 1.99. The summed E-state index contributed by atoms with van der Waals surface area (Å²) in [5, 5.41) is 11.3. The number of para-hydroxylation sites is 1. The van der Waals surface area contributed by atoms with Crippen LogP contribution in [0.3, 0.4) is 0 Å². The smallest absolute Gasteiger partial charge is 0.471 e. The number of aliphatic carboxylic acids is 1. The number of benzene rings is 1. The van der Waals surface area contributed by atoms with Crippen molar-refractivity contribution in [2.75, 3.05) is 5.75 Å². The van der Waals surface area contributed by atoms with Crippen LogP contribution in [0.4, 0.5) is 13.2 Å². The highest BCUT2D eigenvalue weighted by Crippen LogP contribution is 2.22. The Morgan fingerprint density at radius 2 is 1.96 bits per heavy atom. The number of halogens is 3. The summed E-state index contributed by atoms with van der Waals surface area (Å²) in [6, 6.07) is 7.55. The van der Waals surface area contributed by atoms with Gasteiger partial charge in [0.25, 0.3) is 0 Å². The molecule has 2 rings (SSSR count). The maximum absolute atomic E-state index is 12.2. The van der Waals surface area contributed by atoms with Crippen molar-refractivity contribution >= 4 is 34.5 Å². The molecule has 1 atom stereocenters. The van der Waals surface area contributed by atoms with Gasteiger partial charge in [-0.2, -0.15) is 24.9 Å². The van der Waals surface area contributed by atoms with Crippen molar-refractivity contribution in [2.45, 2.75) is 18.0 Å². The quantitative estimate of drug-likeness (QED) is 0.830. The third-order valence-electron chi connectivity index (χ3n) is 3.12. The standard InChI is InChI=1S/C15H13F3N2O3S/c16-15(17,18)14(23)20-11(13(21)22)8-24-7-10-4-1-3-9-5-2-6-19-12(9)10/h1-6,11H,7-8H2,(H,20,23)(H,21,22). The predicted molar refractivity (Wildman–Crippen MR) is 83.5 cm³/mol. The number of thioether (sulfide) groups is 1. The molecule has 1 heterocycles. The highest BCUT2D eigenvalue weighted by molar-refractivity contribution is 7.98. The van der Waals surface area contributed by atoms with Gasteiger partial charge in [-0.15, -0.1) is 0 Å². The number of carboxylic acid groups (broad SMARTS) is 1. The van der Waals surface area contributed by atoms with E-state index in [1.165, 1.54) is 5.32 Å². The average molecular weight is 358 g/mol. The molecule has 2 aromatic rings. The monoisotopic (exact) mass is 358 g/mol. The molecule has 0 spiro atoms. The molecule has 5 nitrogen and oxygen atoms in total. The lowest BCUT2D eigenvalue weighted by Crippen LogP contribution is -2.48. The number of pyridine rings is 1. The first kappa shape index (κ1) is 18.1. The summed E-state index contributed by atoms with van der Waals surface area (Å²) in [5.41, 5.74) is 1.59. The predicted octanol–water partition coefficient (Wildman–Crippen LogP) is 2.60. The van der Waals surface area contributed by atoms with E-state index in [9.17, 15) is 22.8 Å². The van der Waals surface area contributed by atoms with Crippen LogP contribution in [0.2, 0.25) is 0 Å². The summed E-state index contributed by atoms with van der Waals surface area (Å²) >= 11 is 1.11. The van der Waals surface area contributed by atoms with Crippen LogP contribution in [0, 0.1) is 0 Å². The number of rotatable bonds is 6. The second kappa shape index (κ2) is 7.52. The normalized spacial score (nSPS) is 12.8. The van der Waals surface area contributed by atoms with E-state index in [1.807, 2.05) is 24.3 Å². The zero-order chi connectivity index (χ0) is 17.7. The largest absolute Gasteiger partial charge is 0.480 e. The maximum Gasteiger partial charge on any atom is 0.471 e. The van der Waals surface area contributed by atoms with Crippen LogP contribution < -0.4 is 5.32 Å². The second-order valence-electron chi connectivity index (χ2n) is 4.87. The molecule has 0 bridgehead atoms. The highest BCUT2D eigenvalue weighted by atomic mass is 32.2. The van der Waals surface area contributed by atoms with Crippen molar-refractivity contribution in [3.63, 3.8) is 0 Å². The lowest BCUT2D eigenvalue weighted by Gasteiger charge is -2.15. The summed E-state index contributed by atoms with van der Waals surface area (Å²) in [5.74, 6) is -3.61. The van der Waals surface area contributed by atoms with Gasteiger partial charge in [-0.05, 0) is 11.6 Å². The number of carboxylic acids is 1. The Bertz CT molecular complexity index is 747. The Kier molecular flexibility index (Phi) is 5.66. The van der Waals surface area contributed by atoms with Crippen molar-refractivity contribution in [3.05, 3.63) is 42.1 Å². The van der Waals surface area contributed by atoms with E-state index in [0.717, 1.165) is 28.2 Å². The number of fused-ring (bicyclic) bond motifs is 1. The molecular weight excluding hydrogens is 345 g/mol. The Balaban J connectivity index is 2.00. The van der Waals surface area contributed by atoms with Crippen LogP contribution in [0.1, 0.15) is 5.56 Å². The molecule has 0 aliphatic carbocycles. The van der Waals surface area contributed by atoms with E-state index < -0.39 is 24.1 Å². The Morgan fingerprint density at radius 1 is 1.25 bits per heavy atom. The number of hydrogen-bond donors (Lipinski definition) is 2. The van der Waals surface area contributed by atoms with Gasteiger partial charge in [0, 0.05) is 23.1 Å². The van der Waals surface area contributed by atoms with Gasteiger partial charge in [0.1, 0.15) is 6.04 Å². The van der Waals surface area contributed by atoms with E-state index in [0.29, 0.717) is 5.75 Å². The average Bonchev–Trinajstić information content (AvgIpc) is 2.52. The van der Waals surface area contributed by atoms with Gasteiger partial charge in [-0.1, -0.05) is 24.3 Å². The number of hydrogen-bond acceptors (Lipinski definition) is 4. The molecule has 1 aromatic carbocycles. The molecule has 128 valence electrons. The molecule has 1 aromatic heterocycles. The number of aromatic nitrogens is 1. The summed E-state index contributed by atoms with van der Waals surface area (Å²) in [7, 11) is 0. The van der Waals surface area contributed by atoms with Crippen molar-refractivity contribution < 1.29 is 27.9 Å². The highest BCUT2D eigenvalue weighted by Gasteiger charge is 2.40. The van der Waals surface area contributed by atoms with Crippen LogP contribution >= 0.6 is 11.8 Å². The topological polar surface area (TPSA) is 79.3 Å². The van der Waals surface area contributed by atoms with Gasteiger partial charge in [-0.3, -0.25) is 9.78 Å². The van der Waals surface area contributed by atoms with Crippen molar-refractivity contribution in [3.8, 4) is 0 Å². The number of amides is 1. The zero-order valence-electron chi connectivity index (χ0n) is 12.2. The Morgan fingerprint density at radius 3 is 2.62 bits per heavy atom. The Hall–Kier alpha value is -2.29. The van der Waals surface area contributed by atoms with E-state index in [2.05, 4.69) is 4.98 Å². The van der Waals surface area contributed by atoms with E-state index >= 15 is 0 Å². The lowest BCUT2D eigenvalue weighted by molar-refractivity contribution is -0.175. The fraction of sp³-hybridized carbons (Fsp3) is 0.267. The van der Waals surface area contributed by atoms with Crippen molar-refractivity contribution in [1.29, 1.82) is 0 Å². The van der Waals surface area contributed by atoms with E-state index in [4.69, 9.17) is 5.11 Å². The third kappa shape index (κ3) is 4.60. The molecular formula is C15H13F3N2O3S. The summed E-state index contributed by atoms with van der Waals surface area (Å²) < 4.78 is 36.6. The van der Waals surface area contributed by atoms with Crippen LogP contribution in [0.5, 0.6) is 0 Å². The molecule has 0 fully saturated rings. The molecule has 1 amide bonds. The zero-order valence-corrected chi connectivity index (χ0v) is 13.0. The fourth-order valence-corrected chi connectivity index (χ4v) is 3.02. The first-order valence-electron chi connectivity index (χ1n) is 6.80. The number of carbonyl (C=O) groups excluding carboxylic acids is 1. The SMILES string of the molecule is O=C(O)C(CSCc1cccc2cccnc12)NC(=O)C(F)(F)F. The minimum absolute atomic E-state index is 0.194. The summed E-state index contributed by atoms with van der Waals surface area (Å²) in [6.45, 7) is 0. The second-order valence-corrected chi connectivity index (χ2v) is 5.90. The van der Waals surface area contributed by atoms with Crippen LogP contribution in [-0.2, 0) is 15.3 Å². The number of carbonyl (C=O) groups is 2. The Labute approximate surface area is 139 Å².